The minimum Gasteiger partial charge on any atom is -0.308 e. The largest absolute Gasteiger partial charge is 0.308 e. The van der Waals surface area contributed by atoms with Gasteiger partial charge in [-0.1, -0.05) is 6.07 Å². The molecule has 2 heterocycles. The molecule has 1 atom stereocenters. The lowest BCUT2D eigenvalue weighted by molar-refractivity contribution is 0.240. The van der Waals surface area contributed by atoms with Crippen LogP contribution in [-0.2, 0) is 0 Å². The highest BCUT2D eigenvalue weighted by Crippen LogP contribution is 2.16. The Morgan fingerprint density at radius 1 is 1.50 bits per heavy atom. The van der Waals surface area contributed by atoms with Crippen LogP contribution in [0.3, 0.4) is 0 Å². The van der Waals surface area contributed by atoms with E-state index in [0.717, 1.165) is 19.6 Å². The summed E-state index contributed by atoms with van der Waals surface area (Å²) in [4.78, 5) is 6.58. The molecule has 3 nitrogen and oxygen atoms in total. The molecule has 1 saturated heterocycles. The normalized spacial score (nSPS) is 23.7. The Morgan fingerprint density at radius 2 is 2.36 bits per heavy atom. The van der Waals surface area contributed by atoms with Crippen molar-refractivity contribution in [2.24, 2.45) is 0 Å². The Labute approximate surface area is 85.1 Å². The van der Waals surface area contributed by atoms with Gasteiger partial charge in [-0.25, -0.2) is 0 Å². The van der Waals surface area contributed by atoms with Gasteiger partial charge >= 0.3 is 0 Å². The molecule has 0 aromatic carbocycles. The van der Waals surface area contributed by atoms with Crippen molar-refractivity contribution in [2.45, 2.75) is 13.0 Å². The van der Waals surface area contributed by atoms with Gasteiger partial charge in [-0.3, -0.25) is 4.98 Å². The van der Waals surface area contributed by atoms with Gasteiger partial charge in [0.05, 0.1) is 0 Å². The first-order chi connectivity index (χ1) is 6.75. The maximum absolute atomic E-state index is 4.23. The van der Waals surface area contributed by atoms with E-state index in [4.69, 9.17) is 0 Å². The van der Waals surface area contributed by atoms with E-state index in [-0.39, 0.29) is 0 Å². The van der Waals surface area contributed by atoms with Gasteiger partial charge in [0, 0.05) is 38.1 Å². The van der Waals surface area contributed by atoms with Crippen LogP contribution >= 0.6 is 0 Å². The highest BCUT2D eigenvalue weighted by molar-refractivity contribution is 5.20. The van der Waals surface area contributed by atoms with E-state index in [1.165, 1.54) is 11.1 Å². The van der Waals surface area contributed by atoms with E-state index in [9.17, 15) is 0 Å². The third-order valence-corrected chi connectivity index (χ3v) is 2.68. The molecule has 1 aliphatic heterocycles. The fourth-order valence-electron chi connectivity index (χ4n) is 1.89. The van der Waals surface area contributed by atoms with Gasteiger partial charge in [0.15, 0.2) is 0 Å². The number of likely N-dealkylation sites (N-methyl/N-ethyl adjacent to an activating group) is 1. The van der Waals surface area contributed by atoms with Gasteiger partial charge in [-0.05, 0) is 25.1 Å². The van der Waals surface area contributed by atoms with Gasteiger partial charge in [0.1, 0.15) is 0 Å². The quantitative estimate of drug-likeness (QED) is 0.717. The molecule has 1 aromatic heterocycles. The van der Waals surface area contributed by atoms with Crippen LogP contribution in [0.1, 0.15) is 17.2 Å². The molecular weight excluding hydrogens is 174 g/mol. The highest BCUT2D eigenvalue weighted by Gasteiger charge is 2.17. The number of hydrogen-bond acceptors (Lipinski definition) is 3. The second-order valence-electron chi connectivity index (χ2n) is 4.06. The van der Waals surface area contributed by atoms with Crippen LogP contribution < -0.4 is 5.32 Å². The molecular formula is C11H17N3. The number of pyridine rings is 1. The van der Waals surface area contributed by atoms with E-state index >= 15 is 0 Å². The van der Waals surface area contributed by atoms with Crippen molar-refractivity contribution >= 4 is 0 Å². The summed E-state index contributed by atoms with van der Waals surface area (Å²) in [7, 11) is 2.16. The second-order valence-corrected chi connectivity index (χ2v) is 4.06. The van der Waals surface area contributed by atoms with E-state index in [0.29, 0.717) is 6.04 Å². The summed E-state index contributed by atoms with van der Waals surface area (Å²) in [5, 5.41) is 3.51. The monoisotopic (exact) mass is 191 g/mol. The van der Waals surface area contributed by atoms with Crippen molar-refractivity contribution in [3.8, 4) is 0 Å². The maximum Gasteiger partial charge on any atom is 0.0465 e. The summed E-state index contributed by atoms with van der Waals surface area (Å²) >= 11 is 0. The molecule has 1 N–H and O–H groups in total. The van der Waals surface area contributed by atoms with Crippen LogP contribution in [0.4, 0.5) is 0 Å². The molecule has 0 amide bonds. The zero-order chi connectivity index (χ0) is 9.97. The minimum absolute atomic E-state index is 0.446. The summed E-state index contributed by atoms with van der Waals surface area (Å²) in [5.41, 5.74) is 2.54. The molecule has 0 bridgehead atoms. The van der Waals surface area contributed by atoms with Crippen molar-refractivity contribution in [1.29, 1.82) is 0 Å². The summed E-state index contributed by atoms with van der Waals surface area (Å²) < 4.78 is 0. The van der Waals surface area contributed by atoms with Crippen LogP contribution in [-0.4, -0.2) is 36.6 Å². The van der Waals surface area contributed by atoms with Crippen LogP contribution in [0.15, 0.2) is 18.5 Å². The molecule has 1 aliphatic rings. The number of piperazine rings is 1. The second kappa shape index (κ2) is 4.07. The minimum atomic E-state index is 0.446. The molecule has 0 saturated carbocycles. The molecule has 14 heavy (non-hydrogen) atoms. The number of aryl methyl sites for hydroxylation is 1. The third kappa shape index (κ3) is 2.11. The lowest BCUT2D eigenvalue weighted by Gasteiger charge is -2.31. The fourth-order valence-corrected chi connectivity index (χ4v) is 1.89. The number of hydrogen-bond donors (Lipinski definition) is 1. The van der Waals surface area contributed by atoms with Crippen LogP contribution in [0, 0.1) is 6.92 Å². The van der Waals surface area contributed by atoms with Gasteiger partial charge in [-0.2, -0.15) is 0 Å². The van der Waals surface area contributed by atoms with Crippen molar-refractivity contribution in [3.63, 3.8) is 0 Å². The molecule has 1 aromatic rings. The average molecular weight is 191 g/mol. The van der Waals surface area contributed by atoms with Crippen molar-refractivity contribution in [3.05, 3.63) is 29.6 Å². The van der Waals surface area contributed by atoms with Gasteiger partial charge < -0.3 is 10.2 Å². The molecule has 1 fully saturated rings. The predicted octanol–water partition coefficient (Wildman–Crippen LogP) is 0.966. The first-order valence-corrected chi connectivity index (χ1v) is 5.09. The molecule has 3 heteroatoms. The first kappa shape index (κ1) is 9.62. The predicted molar refractivity (Wildman–Crippen MR) is 57.2 cm³/mol. The Balaban J connectivity index is 2.14. The zero-order valence-electron chi connectivity index (χ0n) is 8.83. The number of nitrogens with zero attached hydrogens (tertiary/aromatic N) is 2. The Kier molecular flexibility index (Phi) is 2.79. The lowest BCUT2D eigenvalue weighted by Crippen LogP contribution is -2.43. The average Bonchev–Trinajstić information content (AvgIpc) is 2.18. The summed E-state index contributed by atoms with van der Waals surface area (Å²) in [6.07, 6.45) is 3.86. The van der Waals surface area contributed by atoms with Gasteiger partial charge in [0.2, 0.25) is 0 Å². The van der Waals surface area contributed by atoms with Gasteiger partial charge in [-0.15, -0.1) is 0 Å². The lowest BCUT2D eigenvalue weighted by atomic mass is 10.1. The van der Waals surface area contributed by atoms with E-state index in [1.807, 2.05) is 12.4 Å². The van der Waals surface area contributed by atoms with E-state index < -0.39 is 0 Å². The molecule has 2 rings (SSSR count). The smallest absolute Gasteiger partial charge is 0.0465 e. The van der Waals surface area contributed by atoms with Gasteiger partial charge in [0.25, 0.3) is 0 Å². The van der Waals surface area contributed by atoms with Crippen molar-refractivity contribution in [1.82, 2.24) is 15.2 Å². The Morgan fingerprint density at radius 3 is 3.07 bits per heavy atom. The Bertz CT molecular complexity index is 311. The standard InChI is InChI=1S/C11H17N3/c1-9-5-10(7-12-6-9)11-8-14(2)4-3-13-11/h5-7,11,13H,3-4,8H2,1-2H3. The molecule has 76 valence electrons. The Hall–Kier alpha value is -0.930. The summed E-state index contributed by atoms with van der Waals surface area (Å²) in [6, 6.07) is 2.66. The van der Waals surface area contributed by atoms with E-state index in [2.05, 4.69) is 35.2 Å². The number of aromatic nitrogens is 1. The number of rotatable bonds is 1. The molecule has 0 radical (unpaired) electrons. The topological polar surface area (TPSA) is 28.2 Å². The SMILES string of the molecule is Cc1cncc(C2CN(C)CCN2)c1. The first-order valence-electron chi connectivity index (χ1n) is 5.09. The third-order valence-electron chi connectivity index (χ3n) is 2.68. The van der Waals surface area contributed by atoms with E-state index in [1.54, 1.807) is 0 Å². The summed E-state index contributed by atoms with van der Waals surface area (Å²) in [6.45, 7) is 5.36. The highest BCUT2D eigenvalue weighted by atomic mass is 15.2. The van der Waals surface area contributed by atoms with Crippen molar-refractivity contribution < 1.29 is 0 Å². The van der Waals surface area contributed by atoms with Crippen LogP contribution in [0.2, 0.25) is 0 Å². The summed E-state index contributed by atoms with van der Waals surface area (Å²) in [5.74, 6) is 0. The molecule has 1 unspecified atom stereocenters. The molecule has 0 aliphatic carbocycles. The number of nitrogens with one attached hydrogen (secondary N) is 1. The van der Waals surface area contributed by atoms with Crippen LogP contribution in [0.5, 0.6) is 0 Å². The zero-order valence-corrected chi connectivity index (χ0v) is 8.83. The molecule has 0 spiro atoms. The maximum atomic E-state index is 4.23. The van der Waals surface area contributed by atoms with Crippen LogP contribution in [0.25, 0.3) is 0 Å². The fraction of sp³-hybridized carbons (Fsp3) is 0.545. The van der Waals surface area contributed by atoms with Crippen molar-refractivity contribution in [2.75, 3.05) is 26.7 Å².